The number of nitrogens with zero attached hydrogens (tertiary/aromatic N) is 3. The zero-order valence-corrected chi connectivity index (χ0v) is 14.3. The topological polar surface area (TPSA) is 58.1 Å². The summed E-state index contributed by atoms with van der Waals surface area (Å²) >= 11 is 0. The van der Waals surface area contributed by atoms with Crippen LogP contribution in [0.5, 0.6) is 0 Å². The number of likely N-dealkylation sites (tertiary alicyclic amines) is 1. The molecule has 0 aliphatic carbocycles. The molecule has 1 N–H and O–H groups in total. The van der Waals surface area contributed by atoms with Crippen LogP contribution in [0.2, 0.25) is 0 Å². The number of para-hydroxylation sites is 1. The van der Waals surface area contributed by atoms with Crippen LogP contribution >= 0.6 is 0 Å². The van der Waals surface area contributed by atoms with Crippen molar-refractivity contribution in [3.63, 3.8) is 0 Å². The van der Waals surface area contributed by atoms with E-state index in [-0.39, 0.29) is 23.1 Å². The van der Waals surface area contributed by atoms with Crippen LogP contribution in [0.15, 0.2) is 36.4 Å². The quantitative estimate of drug-likeness (QED) is 0.890. The minimum absolute atomic E-state index is 0.113. The summed E-state index contributed by atoms with van der Waals surface area (Å²) in [5.74, 6) is 0.544. The molecule has 2 aromatic rings. The minimum atomic E-state index is -4.47. The first-order valence-electron chi connectivity index (χ1n) is 8.41. The fraction of sp³-hybridized carbons (Fsp3) is 0.389. The van der Waals surface area contributed by atoms with Gasteiger partial charge < -0.3 is 10.2 Å². The van der Waals surface area contributed by atoms with Gasteiger partial charge in [-0.3, -0.25) is 4.79 Å². The molecule has 0 spiro atoms. The molecule has 1 saturated heterocycles. The third-order valence-electron chi connectivity index (χ3n) is 4.45. The average Bonchev–Trinajstić information content (AvgIpc) is 2.62. The molecule has 2 heterocycles. The zero-order valence-electron chi connectivity index (χ0n) is 14.3. The maximum atomic E-state index is 13.0. The second kappa shape index (κ2) is 7.31. The van der Waals surface area contributed by atoms with Gasteiger partial charge in [-0.05, 0) is 43.0 Å². The van der Waals surface area contributed by atoms with E-state index in [1.165, 1.54) is 30.3 Å². The van der Waals surface area contributed by atoms with Crippen LogP contribution in [0, 0.1) is 5.92 Å². The fourth-order valence-electron chi connectivity index (χ4n) is 2.86. The van der Waals surface area contributed by atoms with Crippen molar-refractivity contribution in [3.8, 4) is 0 Å². The maximum absolute atomic E-state index is 13.0. The SMILES string of the molecule is CC1CCN(C(=O)c2ccc(Nc3ccccc3C(F)(F)F)nn2)CC1. The molecule has 3 rings (SSSR count). The molecule has 0 unspecified atom stereocenters. The largest absolute Gasteiger partial charge is 0.418 e. The van der Waals surface area contributed by atoms with Crippen LogP contribution in [-0.2, 0) is 6.18 Å². The zero-order chi connectivity index (χ0) is 18.7. The van der Waals surface area contributed by atoms with Gasteiger partial charge in [0, 0.05) is 13.1 Å². The first-order chi connectivity index (χ1) is 12.3. The Hall–Kier alpha value is -2.64. The summed E-state index contributed by atoms with van der Waals surface area (Å²) < 4.78 is 39.1. The van der Waals surface area contributed by atoms with Gasteiger partial charge in [0.2, 0.25) is 0 Å². The Balaban J connectivity index is 1.72. The van der Waals surface area contributed by atoms with Crippen LogP contribution in [0.4, 0.5) is 24.7 Å². The summed E-state index contributed by atoms with van der Waals surface area (Å²) in [7, 11) is 0. The molecule has 8 heteroatoms. The van der Waals surface area contributed by atoms with Crippen LogP contribution in [-0.4, -0.2) is 34.1 Å². The first kappa shape index (κ1) is 18.2. The van der Waals surface area contributed by atoms with E-state index in [9.17, 15) is 18.0 Å². The number of amides is 1. The van der Waals surface area contributed by atoms with E-state index in [0.717, 1.165) is 18.9 Å². The summed E-state index contributed by atoms with van der Waals surface area (Å²) in [6, 6.07) is 8.07. The van der Waals surface area contributed by atoms with E-state index < -0.39 is 11.7 Å². The van der Waals surface area contributed by atoms with Gasteiger partial charge in [0.05, 0.1) is 11.3 Å². The number of hydrogen-bond acceptors (Lipinski definition) is 4. The van der Waals surface area contributed by atoms with Crippen molar-refractivity contribution in [2.24, 2.45) is 5.92 Å². The van der Waals surface area contributed by atoms with E-state index >= 15 is 0 Å². The van der Waals surface area contributed by atoms with Crippen LogP contribution in [0.3, 0.4) is 0 Å². The monoisotopic (exact) mass is 364 g/mol. The number of anilines is 2. The summed E-state index contributed by atoms with van der Waals surface area (Å²) in [5, 5.41) is 10.3. The average molecular weight is 364 g/mol. The number of hydrogen-bond donors (Lipinski definition) is 1. The lowest BCUT2D eigenvalue weighted by atomic mass is 9.99. The lowest BCUT2D eigenvalue weighted by molar-refractivity contribution is -0.136. The lowest BCUT2D eigenvalue weighted by Gasteiger charge is -2.29. The molecule has 1 aliphatic heterocycles. The van der Waals surface area contributed by atoms with E-state index in [1.54, 1.807) is 4.90 Å². The fourth-order valence-corrected chi connectivity index (χ4v) is 2.86. The second-order valence-corrected chi connectivity index (χ2v) is 6.45. The molecule has 1 aromatic carbocycles. The first-order valence-corrected chi connectivity index (χ1v) is 8.41. The molecule has 138 valence electrons. The van der Waals surface area contributed by atoms with Crippen molar-refractivity contribution in [2.45, 2.75) is 25.9 Å². The van der Waals surface area contributed by atoms with Gasteiger partial charge in [0.15, 0.2) is 11.5 Å². The Kier molecular flexibility index (Phi) is 5.11. The van der Waals surface area contributed by atoms with E-state index in [1.807, 2.05) is 0 Å². The molecular formula is C18H19F3N4O. The van der Waals surface area contributed by atoms with Crippen molar-refractivity contribution in [1.82, 2.24) is 15.1 Å². The molecule has 0 radical (unpaired) electrons. The summed E-state index contributed by atoms with van der Waals surface area (Å²) in [6.07, 6.45) is -2.57. The minimum Gasteiger partial charge on any atom is -0.338 e. The third-order valence-corrected chi connectivity index (χ3v) is 4.45. The predicted molar refractivity (Wildman–Crippen MR) is 91.1 cm³/mol. The summed E-state index contributed by atoms with van der Waals surface area (Å²) in [6.45, 7) is 3.52. The van der Waals surface area contributed by atoms with Gasteiger partial charge in [-0.2, -0.15) is 13.2 Å². The normalized spacial score (nSPS) is 15.8. The lowest BCUT2D eigenvalue weighted by Crippen LogP contribution is -2.38. The van der Waals surface area contributed by atoms with Gasteiger partial charge in [-0.15, -0.1) is 10.2 Å². The van der Waals surface area contributed by atoms with Crippen LogP contribution in [0.25, 0.3) is 0 Å². The van der Waals surface area contributed by atoms with Crippen LogP contribution < -0.4 is 5.32 Å². The molecule has 1 fully saturated rings. The molecule has 1 aliphatic rings. The van der Waals surface area contributed by atoms with Crippen molar-refractivity contribution in [2.75, 3.05) is 18.4 Å². The molecule has 1 aromatic heterocycles. The summed E-state index contributed by atoms with van der Waals surface area (Å²) in [4.78, 5) is 14.1. The Labute approximate surface area is 149 Å². The number of carbonyl (C=O) groups is 1. The smallest absolute Gasteiger partial charge is 0.338 e. The number of rotatable bonds is 3. The summed E-state index contributed by atoms with van der Waals surface area (Å²) in [5.41, 5.74) is -0.711. The number of halogens is 3. The maximum Gasteiger partial charge on any atom is 0.418 e. The van der Waals surface area contributed by atoms with Gasteiger partial charge in [0.25, 0.3) is 5.91 Å². The van der Waals surface area contributed by atoms with Gasteiger partial charge >= 0.3 is 6.18 Å². The van der Waals surface area contributed by atoms with Gasteiger partial charge in [-0.25, -0.2) is 0 Å². The molecule has 0 saturated carbocycles. The molecular weight excluding hydrogens is 345 g/mol. The molecule has 0 bridgehead atoms. The highest BCUT2D eigenvalue weighted by molar-refractivity contribution is 5.92. The molecule has 26 heavy (non-hydrogen) atoms. The number of carbonyl (C=O) groups excluding carboxylic acids is 1. The number of benzene rings is 1. The predicted octanol–water partition coefficient (Wildman–Crippen LogP) is 4.11. The van der Waals surface area contributed by atoms with E-state index in [0.29, 0.717) is 19.0 Å². The van der Waals surface area contributed by atoms with E-state index in [2.05, 4.69) is 22.4 Å². The van der Waals surface area contributed by atoms with Gasteiger partial charge in [-0.1, -0.05) is 19.1 Å². The van der Waals surface area contributed by atoms with Crippen molar-refractivity contribution >= 4 is 17.4 Å². The Bertz CT molecular complexity index is 769. The Morgan fingerprint density at radius 2 is 1.81 bits per heavy atom. The van der Waals surface area contributed by atoms with Crippen LogP contribution in [0.1, 0.15) is 35.8 Å². The molecule has 1 amide bonds. The standard InChI is InChI=1S/C18H19F3N4O/c1-12-8-10-25(11-9-12)17(26)15-6-7-16(24-23-15)22-14-5-3-2-4-13(14)18(19,20)21/h2-7,12H,8-11H2,1H3,(H,22,24). The number of alkyl halides is 3. The van der Waals surface area contributed by atoms with Crippen molar-refractivity contribution < 1.29 is 18.0 Å². The Morgan fingerprint density at radius 1 is 1.12 bits per heavy atom. The number of aromatic nitrogens is 2. The molecule has 5 nitrogen and oxygen atoms in total. The molecule has 0 atom stereocenters. The Morgan fingerprint density at radius 3 is 2.42 bits per heavy atom. The highest BCUT2D eigenvalue weighted by Crippen LogP contribution is 2.35. The highest BCUT2D eigenvalue weighted by atomic mass is 19.4. The van der Waals surface area contributed by atoms with Crippen molar-refractivity contribution in [3.05, 3.63) is 47.7 Å². The number of piperidine rings is 1. The highest BCUT2D eigenvalue weighted by Gasteiger charge is 2.33. The third kappa shape index (κ3) is 4.12. The van der Waals surface area contributed by atoms with E-state index in [4.69, 9.17) is 0 Å². The second-order valence-electron chi connectivity index (χ2n) is 6.45. The van der Waals surface area contributed by atoms with Gasteiger partial charge in [0.1, 0.15) is 0 Å². The van der Waals surface area contributed by atoms with Crippen molar-refractivity contribution in [1.29, 1.82) is 0 Å². The number of nitrogens with one attached hydrogen (secondary N) is 1.